The van der Waals surface area contributed by atoms with Crippen molar-refractivity contribution in [2.75, 3.05) is 11.4 Å². The summed E-state index contributed by atoms with van der Waals surface area (Å²) in [7, 11) is 0. The van der Waals surface area contributed by atoms with Crippen LogP contribution in [0, 0.1) is 16.0 Å². The highest BCUT2D eigenvalue weighted by Gasteiger charge is 2.31. The van der Waals surface area contributed by atoms with Gasteiger partial charge in [0.05, 0.1) is 22.6 Å². The standard InChI is InChI=1S/C19H19N3O3/c1-13-7-9-21(18(11-13)19-3-2-10-25-19)16-4-5-17(22(23)24)15-12-20-8-6-14(15)16/h2-6,8,10,12-13,18H,7,9,11H2,1H3. The summed E-state index contributed by atoms with van der Waals surface area (Å²) >= 11 is 0. The van der Waals surface area contributed by atoms with Crippen LogP contribution < -0.4 is 4.90 Å². The van der Waals surface area contributed by atoms with Crippen LogP contribution in [0.3, 0.4) is 0 Å². The molecule has 4 rings (SSSR count). The van der Waals surface area contributed by atoms with E-state index in [0.29, 0.717) is 11.3 Å². The minimum Gasteiger partial charge on any atom is -0.467 e. The first-order valence-corrected chi connectivity index (χ1v) is 8.46. The second kappa shape index (κ2) is 6.20. The number of nitro benzene ring substituents is 1. The second-order valence-electron chi connectivity index (χ2n) is 6.64. The van der Waals surface area contributed by atoms with Crippen molar-refractivity contribution in [3.05, 3.63) is 64.9 Å². The van der Waals surface area contributed by atoms with Gasteiger partial charge < -0.3 is 9.32 Å². The Kier molecular flexibility index (Phi) is 3.87. The summed E-state index contributed by atoms with van der Waals surface area (Å²) in [5, 5.41) is 12.8. The molecule has 3 heterocycles. The molecule has 0 amide bonds. The summed E-state index contributed by atoms with van der Waals surface area (Å²) in [6.07, 6.45) is 7.04. The fourth-order valence-corrected chi connectivity index (χ4v) is 3.75. The molecule has 25 heavy (non-hydrogen) atoms. The van der Waals surface area contributed by atoms with Gasteiger partial charge in [-0.3, -0.25) is 15.1 Å². The number of fused-ring (bicyclic) bond motifs is 1. The highest BCUT2D eigenvalue weighted by Crippen LogP contribution is 2.41. The van der Waals surface area contributed by atoms with Crippen LogP contribution in [0.15, 0.2) is 53.4 Å². The zero-order valence-corrected chi connectivity index (χ0v) is 14.0. The average molecular weight is 337 g/mol. The molecule has 0 N–H and O–H groups in total. The minimum absolute atomic E-state index is 0.0896. The maximum atomic E-state index is 11.3. The Balaban J connectivity index is 1.85. The number of nitro groups is 1. The van der Waals surface area contributed by atoms with Crippen molar-refractivity contribution in [3.63, 3.8) is 0 Å². The summed E-state index contributed by atoms with van der Waals surface area (Å²) in [6, 6.07) is 9.34. The van der Waals surface area contributed by atoms with Gasteiger partial charge in [0.15, 0.2) is 0 Å². The van der Waals surface area contributed by atoms with Crippen molar-refractivity contribution < 1.29 is 9.34 Å². The number of rotatable bonds is 3. The van der Waals surface area contributed by atoms with Gasteiger partial charge >= 0.3 is 0 Å². The normalized spacial score (nSPS) is 20.8. The number of non-ortho nitro benzene ring substituents is 1. The van der Waals surface area contributed by atoms with Crippen LogP contribution in [0.25, 0.3) is 10.8 Å². The lowest BCUT2D eigenvalue weighted by Gasteiger charge is -2.39. The summed E-state index contributed by atoms with van der Waals surface area (Å²) in [6.45, 7) is 3.15. The molecular formula is C19H19N3O3. The molecule has 1 aromatic carbocycles. The molecular weight excluding hydrogens is 318 g/mol. The lowest BCUT2D eigenvalue weighted by Crippen LogP contribution is -2.36. The van der Waals surface area contributed by atoms with E-state index in [1.54, 1.807) is 24.7 Å². The lowest BCUT2D eigenvalue weighted by atomic mass is 9.90. The van der Waals surface area contributed by atoms with Crippen molar-refractivity contribution in [2.24, 2.45) is 5.92 Å². The molecule has 0 spiro atoms. The fraction of sp³-hybridized carbons (Fsp3) is 0.316. The lowest BCUT2D eigenvalue weighted by molar-refractivity contribution is -0.383. The van der Waals surface area contributed by atoms with Crippen LogP contribution in [0.2, 0.25) is 0 Å². The minimum atomic E-state index is -0.351. The van der Waals surface area contributed by atoms with E-state index >= 15 is 0 Å². The van der Waals surface area contributed by atoms with Crippen LogP contribution >= 0.6 is 0 Å². The van der Waals surface area contributed by atoms with Crippen LogP contribution in [-0.2, 0) is 0 Å². The van der Waals surface area contributed by atoms with Gasteiger partial charge in [-0.1, -0.05) is 6.92 Å². The summed E-state index contributed by atoms with van der Waals surface area (Å²) in [4.78, 5) is 17.4. The molecule has 6 heteroatoms. The van der Waals surface area contributed by atoms with E-state index in [0.717, 1.165) is 36.2 Å². The van der Waals surface area contributed by atoms with Crippen molar-refractivity contribution in [2.45, 2.75) is 25.8 Å². The molecule has 1 aliphatic heterocycles. The third-order valence-corrected chi connectivity index (χ3v) is 5.01. The molecule has 1 fully saturated rings. The molecule has 6 nitrogen and oxygen atoms in total. The summed E-state index contributed by atoms with van der Waals surface area (Å²) in [5.74, 6) is 1.55. The first kappa shape index (κ1) is 15.6. The van der Waals surface area contributed by atoms with Crippen LogP contribution in [0.4, 0.5) is 11.4 Å². The van der Waals surface area contributed by atoms with Gasteiger partial charge in [0.25, 0.3) is 5.69 Å². The number of furan rings is 1. The second-order valence-corrected chi connectivity index (χ2v) is 6.64. The smallest absolute Gasteiger partial charge is 0.278 e. The van der Waals surface area contributed by atoms with Crippen LogP contribution in [0.5, 0.6) is 0 Å². The van der Waals surface area contributed by atoms with Gasteiger partial charge in [0.2, 0.25) is 0 Å². The molecule has 1 aliphatic rings. The number of aromatic nitrogens is 1. The molecule has 2 aromatic heterocycles. The third kappa shape index (κ3) is 2.73. The van der Waals surface area contributed by atoms with E-state index in [1.165, 1.54) is 0 Å². The van der Waals surface area contributed by atoms with E-state index < -0.39 is 0 Å². The molecule has 2 atom stereocenters. The Bertz CT molecular complexity index is 907. The van der Waals surface area contributed by atoms with E-state index in [1.807, 2.05) is 24.3 Å². The van der Waals surface area contributed by atoms with Gasteiger partial charge in [-0.15, -0.1) is 0 Å². The number of nitrogens with zero attached hydrogens (tertiary/aromatic N) is 3. The first-order chi connectivity index (χ1) is 12.1. The Hall–Kier alpha value is -2.89. The van der Waals surface area contributed by atoms with Gasteiger partial charge in [-0.25, -0.2) is 0 Å². The molecule has 0 aliphatic carbocycles. The van der Waals surface area contributed by atoms with E-state index in [4.69, 9.17) is 4.42 Å². The van der Waals surface area contributed by atoms with Crippen molar-refractivity contribution >= 4 is 22.1 Å². The highest BCUT2D eigenvalue weighted by atomic mass is 16.6. The Morgan fingerprint density at radius 1 is 1.28 bits per heavy atom. The Morgan fingerprint density at radius 3 is 2.92 bits per heavy atom. The quantitative estimate of drug-likeness (QED) is 0.511. The maximum absolute atomic E-state index is 11.3. The number of hydrogen-bond acceptors (Lipinski definition) is 5. The van der Waals surface area contributed by atoms with E-state index in [2.05, 4.69) is 16.8 Å². The van der Waals surface area contributed by atoms with E-state index in [9.17, 15) is 10.1 Å². The van der Waals surface area contributed by atoms with Crippen molar-refractivity contribution in [1.29, 1.82) is 0 Å². The zero-order chi connectivity index (χ0) is 17.4. The molecule has 128 valence electrons. The molecule has 3 aromatic rings. The molecule has 2 unspecified atom stereocenters. The van der Waals surface area contributed by atoms with Gasteiger partial charge in [0.1, 0.15) is 5.76 Å². The maximum Gasteiger partial charge on any atom is 0.278 e. The first-order valence-electron chi connectivity index (χ1n) is 8.46. The number of piperidine rings is 1. The van der Waals surface area contributed by atoms with Crippen molar-refractivity contribution in [3.8, 4) is 0 Å². The predicted octanol–water partition coefficient (Wildman–Crippen LogP) is 4.71. The number of benzene rings is 1. The van der Waals surface area contributed by atoms with Crippen LogP contribution in [0.1, 0.15) is 31.6 Å². The van der Waals surface area contributed by atoms with Gasteiger partial charge in [-0.2, -0.15) is 0 Å². The Morgan fingerprint density at radius 2 is 2.16 bits per heavy atom. The summed E-state index contributed by atoms with van der Waals surface area (Å²) in [5.41, 5.74) is 1.09. The van der Waals surface area contributed by atoms with E-state index in [-0.39, 0.29) is 16.7 Å². The summed E-state index contributed by atoms with van der Waals surface area (Å²) < 4.78 is 5.68. The van der Waals surface area contributed by atoms with Gasteiger partial charge in [0, 0.05) is 36.1 Å². The highest BCUT2D eigenvalue weighted by molar-refractivity contribution is 5.99. The fourth-order valence-electron chi connectivity index (χ4n) is 3.75. The number of hydrogen-bond donors (Lipinski definition) is 0. The molecule has 0 radical (unpaired) electrons. The largest absolute Gasteiger partial charge is 0.467 e. The number of anilines is 1. The predicted molar refractivity (Wildman–Crippen MR) is 95.6 cm³/mol. The zero-order valence-electron chi connectivity index (χ0n) is 14.0. The SMILES string of the molecule is CC1CCN(c2ccc([N+](=O)[O-])c3cnccc23)C(c2ccco2)C1. The number of pyridine rings is 1. The average Bonchev–Trinajstić information content (AvgIpc) is 3.15. The molecule has 0 saturated carbocycles. The monoisotopic (exact) mass is 337 g/mol. The van der Waals surface area contributed by atoms with Crippen LogP contribution in [-0.4, -0.2) is 16.5 Å². The van der Waals surface area contributed by atoms with Crippen molar-refractivity contribution in [1.82, 2.24) is 4.98 Å². The molecule has 0 bridgehead atoms. The Labute approximate surface area is 145 Å². The molecule has 1 saturated heterocycles. The van der Waals surface area contributed by atoms with Gasteiger partial charge in [-0.05, 0) is 43.0 Å². The topological polar surface area (TPSA) is 72.4 Å². The third-order valence-electron chi connectivity index (χ3n) is 5.01.